The number of hydrogen-bond acceptors (Lipinski definition) is 3. The van der Waals surface area contributed by atoms with Crippen molar-refractivity contribution >= 4 is 29.3 Å². The third-order valence-electron chi connectivity index (χ3n) is 7.10. The van der Waals surface area contributed by atoms with E-state index in [9.17, 15) is 18.0 Å². The molecule has 1 heterocycles. The van der Waals surface area contributed by atoms with Gasteiger partial charge in [-0.3, -0.25) is 0 Å². The number of likely N-dealkylation sites (tertiary alicyclic amines) is 1. The van der Waals surface area contributed by atoms with Gasteiger partial charge in [0.2, 0.25) is 0 Å². The molecular weight excluding hydrogens is 567 g/mol. The maximum absolute atomic E-state index is 13.1. The summed E-state index contributed by atoms with van der Waals surface area (Å²) in [4.78, 5) is 26.5. The standard InChI is InChI=1S/C30H36ClN3O.C2HF3O2/c1-24-8-10-27(11-9-24)23-34(30(35)32-29-14-12-28(31)13-15-29)19-5-18-33-20-16-26(17-21-33)22-25-6-3-2-4-7-25;3-2(4,5)1(6)7/h2-4,6-15,26H,5,16-23H2,1H3,(H,32,35);(H,6,7). The number of carbonyl (C=O) groups is 2. The molecule has 0 atom stereocenters. The lowest BCUT2D eigenvalue weighted by atomic mass is 9.90. The van der Waals surface area contributed by atoms with E-state index >= 15 is 0 Å². The lowest BCUT2D eigenvalue weighted by Crippen LogP contribution is -2.39. The molecule has 42 heavy (non-hydrogen) atoms. The molecule has 1 saturated heterocycles. The summed E-state index contributed by atoms with van der Waals surface area (Å²) in [5.74, 6) is -1.98. The van der Waals surface area contributed by atoms with E-state index in [0.717, 1.165) is 49.8 Å². The van der Waals surface area contributed by atoms with Crippen LogP contribution in [0.2, 0.25) is 5.02 Å². The summed E-state index contributed by atoms with van der Waals surface area (Å²) < 4.78 is 31.7. The van der Waals surface area contributed by atoms with Gasteiger partial charge in [-0.1, -0.05) is 71.8 Å². The zero-order valence-corrected chi connectivity index (χ0v) is 24.4. The predicted octanol–water partition coefficient (Wildman–Crippen LogP) is 7.66. The number of aryl methyl sites for hydroxylation is 1. The zero-order chi connectivity index (χ0) is 30.5. The first-order chi connectivity index (χ1) is 20.0. The molecule has 2 N–H and O–H groups in total. The average Bonchev–Trinajstić information content (AvgIpc) is 2.96. The van der Waals surface area contributed by atoms with Crippen molar-refractivity contribution in [2.45, 2.75) is 45.3 Å². The summed E-state index contributed by atoms with van der Waals surface area (Å²) in [7, 11) is 0. The van der Waals surface area contributed by atoms with Gasteiger partial charge in [0, 0.05) is 23.8 Å². The fourth-order valence-corrected chi connectivity index (χ4v) is 4.87. The fourth-order valence-electron chi connectivity index (χ4n) is 4.75. The van der Waals surface area contributed by atoms with Crippen molar-refractivity contribution in [1.82, 2.24) is 9.80 Å². The first-order valence-corrected chi connectivity index (χ1v) is 14.3. The van der Waals surface area contributed by atoms with Gasteiger partial charge in [-0.2, -0.15) is 13.2 Å². The van der Waals surface area contributed by atoms with E-state index in [2.05, 4.69) is 71.7 Å². The monoisotopic (exact) mass is 603 g/mol. The Morgan fingerprint density at radius 3 is 2.12 bits per heavy atom. The molecular formula is C32H37ClF3N3O3. The van der Waals surface area contributed by atoms with Gasteiger partial charge < -0.3 is 20.2 Å². The molecule has 0 saturated carbocycles. The highest BCUT2D eigenvalue weighted by Crippen LogP contribution is 2.22. The second kappa shape index (κ2) is 16.2. The molecule has 0 aromatic heterocycles. The molecule has 3 aromatic rings. The number of hydrogen-bond donors (Lipinski definition) is 2. The Morgan fingerprint density at radius 1 is 0.952 bits per heavy atom. The highest BCUT2D eigenvalue weighted by atomic mass is 35.5. The molecule has 0 aliphatic carbocycles. The van der Waals surface area contributed by atoms with Gasteiger partial charge in [0.15, 0.2) is 0 Å². The maximum atomic E-state index is 13.1. The van der Waals surface area contributed by atoms with Gasteiger partial charge in [-0.05, 0) is 93.6 Å². The van der Waals surface area contributed by atoms with Crippen LogP contribution < -0.4 is 5.32 Å². The number of anilines is 1. The third-order valence-corrected chi connectivity index (χ3v) is 7.35. The molecule has 4 rings (SSSR count). The van der Waals surface area contributed by atoms with Gasteiger partial charge >= 0.3 is 18.2 Å². The van der Waals surface area contributed by atoms with Crippen LogP contribution in [0.3, 0.4) is 0 Å². The van der Waals surface area contributed by atoms with Crippen LogP contribution in [0.15, 0.2) is 78.9 Å². The number of halogens is 4. The van der Waals surface area contributed by atoms with E-state index in [1.165, 1.54) is 30.4 Å². The lowest BCUT2D eigenvalue weighted by molar-refractivity contribution is -0.192. The Kier molecular flexibility index (Phi) is 12.7. The third kappa shape index (κ3) is 11.7. The highest BCUT2D eigenvalue weighted by molar-refractivity contribution is 6.30. The number of carboxylic acid groups (broad SMARTS) is 1. The summed E-state index contributed by atoms with van der Waals surface area (Å²) in [5, 5.41) is 10.8. The van der Waals surface area contributed by atoms with Crippen LogP contribution in [-0.2, 0) is 17.8 Å². The molecule has 0 unspecified atom stereocenters. The summed E-state index contributed by atoms with van der Waals surface area (Å²) >= 11 is 5.99. The number of carbonyl (C=O) groups excluding carboxylic acids is 1. The first-order valence-electron chi connectivity index (χ1n) is 13.9. The Morgan fingerprint density at radius 2 is 1.55 bits per heavy atom. The predicted molar refractivity (Wildman–Crippen MR) is 160 cm³/mol. The summed E-state index contributed by atoms with van der Waals surface area (Å²) in [5.41, 5.74) is 4.57. The van der Waals surface area contributed by atoms with Gasteiger partial charge in [-0.25, -0.2) is 9.59 Å². The van der Waals surface area contributed by atoms with Gasteiger partial charge in [0.1, 0.15) is 0 Å². The number of benzene rings is 3. The maximum Gasteiger partial charge on any atom is 0.490 e. The highest BCUT2D eigenvalue weighted by Gasteiger charge is 2.38. The Hall–Kier alpha value is -3.56. The van der Waals surface area contributed by atoms with E-state index < -0.39 is 12.1 Å². The molecule has 6 nitrogen and oxygen atoms in total. The van der Waals surface area contributed by atoms with Crippen molar-refractivity contribution in [2.75, 3.05) is 31.5 Å². The number of aliphatic carboxylic acids is 1. The van der Waals surface area contributed by atoms with Crippen molar-refractivity contribution in [3.05, 3.63) is 101 Å². The summed E-state index contributed by atoms with van der Waals surface area (Å²) in [6.45, 7) is 6.71. The quantitative estimate of drug-likeness (QED) is 0.263. The smallest absolute Gasteiger partial charge is 0.475 e. The van der Waals surface area contributed by atoms with Crippen molar-refractivity contribution in [2.24, 2.45) is 5.92 Å². The van der Waals surface area contributed by atoms with E-state index in [1.807, 2.05) is 17.0 Å². The number of nitrogens with one attached hydrogen (secondary N) is 1. The minimum atomic E-state index is -5.08. The molecule has 3 aromatic carbocycles. The van der Waals surface area contributed by atoms with E-state index in [4.69, 9.17) is 21.5 Å². The molecule has 1 fully saturated rings. The van der Waals surface area contributed by atoms with Crippen molar-refractivity contribution in [3.63, 3.8) is 0 Å². The Labute approximate surface area is 250 Å². The molecule has 0 radical (unpaired) electrons. The van der Waals surface area contributed by atoms with Gasteiger partial charge in [0.25, 0.3) is 0 Å². The number of alkyl halides is 3. The fraction of sp³-hybridized carbons (Fsp3) is 0.375. The zero-order valence-electron chi connectivity index (χ0n) is 23.6. The molecule has 1 aliphatic rings. The largest absolute Gasteiger partial charge is 0.490 e. The number of urea groups is 1. The topological polar surface area (TPSA) is 72.9 Å². The van der Waals surface area contributed by atoms with Crippen molar-refractivity contribution in [3.8, 4) is 0 Å². The Balaban J connectivity index is 0.000000616. The van der Waals surface area contributed by atoms with E-state index in [0.29, 0.717) is 11.6 Å². The van der Waals surface area contributed by atoms with Crippen molar-refractivity contribution < 1.29 is 27.9 Å². The van der Waals surface area contributed by atoms with Crippen LogP contribution >= 0.6 is 11.6 Å². The van der Waals surface area contributed by atoms with Crippen LogP contribution in [0.4, 0.5) is 23.7 Å². The Bertz CT molecular complexity index is 1250. The minimum absolute atomic E-state index is 0.0746. The molecule has 2 amide bonds. The van der Waals surface area contributed by atoms with Gasteiger partial charge in [0.05, 0.1) is 0 Å². The number of piperidine rings is 1. The van der Waals surface area contributed by atoms with Crippen LogP contribution in [0, 0.1) is 12.8 Å². The lowest BCUT2D eigenvalue weighted by Gasteiger charge is -2.32. The number of carboxylic acids is 1. The second-order valence-corrected chi connectivity index (χ2v) is 10.9. The van der Waals surface area contributed by atoms with E-state index in [1.54, 1.807) is 12.1 Å². The van der Waals surface area contributed by atoms with Crippen LogP contribution in [-0.4, -0.2) is 59.3 Å². The van der Waals surface area contributed by atoms with E-state index in [-0.39, 0.29) is 6.03 Å². The molecule has 0 bridgehead atoms. The molecule has 226 valence electrons. The SMILES string of the molecule is Cc1ccc(CN(CCCN2CCC(Cc3ccccc3)CC2)C(=O)Nc2ccc(Cl)cc2)cc1.O=C(O)C(F)(F)F. The number of amides is 2. The second-order valence-electron chi connectivity index (χ2n) is 10.5. The molecule has 0 spiro atoms. The minimum Gasteiger partial charge on any atom is -0.475 e. The number of nitrogens with zero attached hydrogens (tertiary/aromatic N) is 2. The molecule has 1 aliphatic heterocycles. The number of rotatable bonds is 9. The molecule has 10 heteroatoms. The first kappa shape index (κ1) is 32.9. The summed E-state index contributed by atoms with van der Waals surface area (Å²) in [6.07, 6.45) is -0.439. The average molecular weight is 604 g/mol. The van der Waals surface area contributed by atoms with Crippen molar-refractivity contribution in [1.29, 1.82) is 0 Å². The van der Waals surface area contributed by atoms with Gasteiger partial charge in [-0.15, -0.1) is 0 Å². The van der Waals surface area contributed by atoms with Crippen LogP contribution in [0.1, 0.15) is 36.0 Å². The normalized spacial score (nSPS) is 14.0. The summed E-state index contributed by atoms with van der Waals surface area (Å²) in [6, 6.07) is 26.4. The van der Waals surface area contributed by atoms with Crippen LogP contribution in [0.5, 0.6) is 0 Å². The van der Waals surface area contributed by atoms with Crippen LogP contribution in [0.25, 0.3) is 0 Å².